The van der Waals surface area contributed by atoms with E-state index >= 15 is 0 Å². The van der Waals surface area contributed by atoms with Gasteiger partial charge in [-0.1, -0.05) is 31.5 Å². The van der Waals surface area contributed by atoms with Gasteiger partial charge in [-0.2, -0.15) is 0 Å². The number of rotatable bonds is 3. The number of hydrogen-bond acceptors (Lipinski definition) is 3. The monoisotopic (exact) mass is 226 g/mol. The lowest BCUT2D eigenvalue weighted by Crippen LogP contribution is -2.13. The zero-order chi connectivity index (χ0) is 11.4. The molecule has 0 aromatic heterocycles. The van der Waals surface area contributed by atoms with Gasteiger partial charge in [-0.15, -0.1) is 0 Å². The van der Waals surface area contributed by atoms with Crippen LogP contribution in [0, 0.1) is 12.8 Å². The van der Waals surface area contributed by atoms with Crippen LogP contribution in [0.3, 0.4) is 0 Å². The average molecular weight is 226 g/mol. The van der Waals surface area contributed by atoms with Crippen LogP contribution in [0.4, 0.5) is 0 Å². The van der Waals surface area contributed by atoms with Gasteiger partial charge in [0, 0.05) is 0 Å². The standard InChI is InChI=1S/C11H14O3S/c1-8(2)11(12)14-15(13)10-6-4-9(3)5-7-10/h4-8H,1-3H3. The second kappa shape index (κ2) is 5.07. The van der Waals surface area contributed by atoms with Gasteiger partial charge in [0.1, 0.15) is 0 Å². The molecule has 0 heterocycles. The fourth-order valence-corrected chi connectivity index (χ4v) is 1.66. The van der Waals surface area contributed by atoms with Crippen molar-refractivity contribution >= 4 is 17.0 Å². The van der Waals surface area contributed by atoms with Crippen molar-refractivity contribution in [3.8, 4) is 0 Å². The molecule has 0 N–H and O–H groups in total. The quantitative estimate of drug-likeness (QED) is 0.793. The second-order valence-electron chi connectivity index (χ2n) is 3.60. The van der Waals surface area contributed by atoms with Crippen molar-refractivity contribution < 1.29 is 13.2 Å². The molecule has 1 aromatic carbocycles. The topological polar surface area (TPSA) is 43.4 Å². The summed E-state index contributed by atoms with van der Waals surface area (Å²) in [6, 6.07) is 7.05. The molecule has 82 valence electrons. The predicted molar refractivity (Wildman–Crippen MR) is 58.5 cm³/mol. The number of carbonyl (C=O) groups is 1. The van der Waals surface area contributed by atoms with Gasteiger partial charge in [0.25, 0.3) is 0 Å². The Hall–Kier alpha value is -1.16. The Bertz CT molecular complexity index is 368. The Kier molecular flexibility index (Phi) is 4.03. The first-order valence-corrected chi connectivity index (χ1v) is 5.79. The Morgan fingerprint density at radius 2 is 1.80 bits per heavy atom. The van der Waals surface area contributed by atoms with Gasteiger partial charge in [-0.05, 0) is 19.1 Å². The first kappa shape index (κ1) is 11.9. The maximum Gasteiger partial charge on any atom is 0.322 e. The molecule has 0 radical (unpaired) electrons. The molecule has 15 heavy (non-hydrogen) atoms. The Morgan fingerprint density at radius 1 is 1.27 bits per heavy atom. The summed E-state index contributed by atoms with van der Waals surface area (Å²) in [7, 11) is 0. The van der Waals surface area contributed by atoms with Crippen molar-refractivity contribution in [3.63, 3.8) is 0 Å². The average Bonchev–Trinajstić information content (AvgIpc) is 2.18. The lowest BCUT2D eigenvalue weighted by atomic mass is 10.2. The number of hydrogen-bond donors (Lipinski definition) is 0. The Morgan fingerprint density at radius 3 is 2.27 bits per heavy atom. The van der Waals surface area contributed by atoms with Crippen molar-refractivity contribution in [1.82, 2.24) is 0 Å². The van der Waals surface area contributed by atoms with E-state index in [2.05, 4.69) is 0 Å². The normalized spacial score (nSPS) is 12.5. The van der Waals surface area contributed by atoms with E-state index in [0.717, 1.165) is 5.56 Å². The zero-order valence-corrected chi connectivity index (χ0v) is 9.84. The van der Waals surface area contributed by atoms with Crippen molar-refractivity contribution in [2.24, 2.45) is 5.92 Å². The summed E-state index contributed by atoms with van der Waals surface area (Å²) >= 11 is -1.69. The lowest BCUT2D eigenvalue weighted by molar-refractivity contribution is -0.136. The SMILES string of the molecule is Cc1ccc(S(=O)OC(=O)C(C)C)cc1. The smallest absolute Gasteiger partial charge is 0.322 e. The highest BCUT2D eigenvalue weighted by Crippen LogP contribution is 2.10. The molecule has 1 atom stereocenters. The molecule has 0 amide bonds. The molecule has 0 bridgehead atoms. The minimum absolute atomic E-state index is 0.264. The van der Waals surface area contributed by atoms with Crippen LogP contribution >= 0.6 is 0 Å². The first-order valence-electron chi connectivity index (χ1n) is 4.71. The van der Waals surface area contributed by atoms with Crippen LogP contribution in [0.1, 0.15) is 19.4 Å². The third-order valence-electron chi connectivity index (χ3n) is 1.84. The Balaban J connectivity index is 2.69. The van der Waals surface area contributed by atoms with Crippen LogP contribution in [0.5, 0.6) is 0 Å². The minimum atomic E-state index is -1.69. The maximum atomic E-state index is 11.5. The van der Waals surface area contributed by atoms with E-state index in [4.69, 9.17) is 4.18 Å². The van der Waals surface area contributed by atoms with Crippen LogP contribution in [-0.4, -0.2) is 10.2 Å². The third kappa shape index (κ3) is 3.47. The van der Waals surface area contributed by atoms with Crippen molar-refractivity contribution in [3.05, 3.63) is 29.8 Å². The molecule has 0 aliphatic heterocycles. The summed E-state index contributed by atoms with van der Waals surface area (Å²) in [5.74, 6) is -0.715. The van der Waals surface area contributed by atoms with Crippen LogP contribution in [0.15, 0.2) is 29.2 Å². The maximum absolute atomic E-state index is 11.5. The molecular formula is C11H14O3S. The fourth-order valence-electron chi connectivity index (χ4n) is 0.868. The molecule has 4 heteroatoms. The molecule has 1 aromatic rings. The fraction of sp³-hybridized carbons (Fsp3) is 0.364. The molecule has 1 rings (SSSR count). The predicted octanol–water partition coefficient (Wildman–Crippen LogP) is 2.22. The van der Waals surface area contributed by atoms with Crippen LogP contribution in [0.25, 0.3) is 0 Å². The third-order valence-corrected chi connectivity index (χ3v) is 2.82. The molecule has 0 fully saturated rings. The van der Waals surface area contributed by atoms with Crippen molar-refractivity contribution in [2.75, 3.05) is 0 Å². The zero-order valence-electron chi connectivity index (χ0n) is 9.02. The second-order valence-corrected chi connectivity index (χ2v) is 4.71. The highest BCUT2D eigenvalue weighted by atomic mass is 32.2. The van der Waals surface area contributed by atoms with E-state index in [0.29, 0.717) is 4.90 Å². The van der Waals surface area contributed by atoms with Crippen LogP contribution < -0.4 is 0 Å². The minimum Gasteiger partial charge on any atom is -0.360 e. The van der Waals surface area contributed by atoms with E-state index < -0.39 is 17.0 Å². The molecular weight excluding hydrogens is 212 g/mol. The number of benzene rings is 1. The van der Waals surface area contributed by atoms with Gasteiger partial charge in [0.2, 0.25) is 11.1 Å². The molecule has 3 nitrogen and oxygen atoms in total. The molecule has 0 aliphatic carbocycles. The summed E-state index contributed by atoms with van der Waals surface area (Å²) in [6.45, 7) is 5.34. The van der Waals surface area contributed by atoms with Crippen LogP contribution in [0.2, 0.25) is 0 Å². The molecule has 0 spiro atoms. The van der Waals surface area contributed by atoms with Crippen molar-refractivity contribution in [2.45, 2.75) is 25.7 Å². The van der Waals surface area contributed by atoms with Gasteiger partial charge >= 0.3 is 5.97 Å². The highest BCUT2D eigenvalue weighted by Gasteiger charge is 2.14. The summed E-state index contributed by atoms with van der Waals surface area (Å²) in [5.41, 5.74) is 1.07. The van der Waals surface area contributed by atoms with Gasteiger partial charge in [-0.25, -0.2) is 4.21 Å². The van der Waals surface area contributed by atoms with E-state index in [1.54, 1.807) is 26.0 Å². The van der Waals surface area contributed by atoms with E-state index in [1.807, 2.05) is 19.1 Å². The summed E-state index contributed by atoms with van der Waals surface area (Å²) in [5, 5.41) is 0. The lowest BCUT2D eigenvalue weighted by Gasteiger charge is -2.05. The molecule has 0 saturated heterocycles. The van der Waals surface area contributed by atoms with E-state index in [1.165, 1.54) is 0 Å². The van der Waals surface area contributed by atoms with Crippen molar-refractivity contribution in [1.29, 1.82) is 0 Å². The van der Waals surface area contributed by atoms with Gasteiger partial charge in [0.05, 0.1) is 10.8 Å². The summed E-state index contributed by atoms with van der Waals surface area (Å²) in [6.07, 6.45) is 0. The molecule has 1 unspecified atom stereocenters. The van der Waals surface area contributed by atoms with E-state index in [9.17, 15) is 9.00 Å². The molecule has 0 aliphatic rings. The summed E-state index contributed by atoms with van der Waals surface area (Å²) < 4.78 is 16.3. The van der Waals surface area contributed by atoms with Gasteiger partial charge in [0.15, 0.2) is 0 Å². The summed E-state index contributed by atoms with van der Waals surface area (Å²) in [4.78, 5) is 11.7. The Labute approximate surface area is 92.1 Å². The van der Waals surface area contributed by atoms with Gasteiger partial charge < -0.3 is 4.18 Å². The first-order chi connectivity index (χ1) is 7.00. The largest absolute Gasteiger partial charge is 0.360 e. The number of carbonyl (C=O) groups excluding carboxylic acids is 1. The number of aryl methyl sites for hydroxylation is 1. The van der Waals surface area contributed by atoms with Gasteiger partial charge in [-0.3, -0.25) is 4.79 Å². The highest BCUT2D eigenvalue weighted by molar-refractivity contribution is 7.80. The van der Waals surface area contributed by atoms with E-state index in [-0.39, 0.29) is 5.92 Å². The molecule has 0 saturated carbocycles. The van der Waals surface area contributed by atoms with Crippen LogP contribution in [-0.2, 0) is 20.1 Å².